The van der Waals surface area contributed by atoms with Crippen LogP contribution < -0.4 is 0 Å². The summed E-state index contributed by atoms with van der Waals surface area (Å²) in [5.74, 6) is 0. The zero-order valence-corrected chi connectivity index (χ0v) is 15.7. The maximum absolute atomic E-state index is 9.75. The lowest BCUT2D eigenvalue weighted by Gasteiger charge is -2.26. The third-order valence-electron chi connectivity index (χ3n) is 5.62. The van der Waals surface area contributed by atoms with Gasteiger partial charge in [0.15, 0.2) is 0 Å². The summed E-state index contributed by atoms with van der Waals surface area (Å²) in [7, 11) is -6.00. The van der Waals surface area contributed by atoms with Gasteiger partial charge in [-0.1, -0.05) is 30.3 Å². The van der Waals surface area contributed by atoms with Crippen molar-refractivity contribution in [1.29, 1.82) is 0 Å². The van der Waals surface area contributed by atoms with Gasteiger partial charge in [0, 0.05) is 43.0 Å². The van der Waals surface area contributed by atoms with E-state index in [4.69, 9.17) is 0 Å². The van der Waals surface area contributed by atoms with E-state index in [0.717, 1.165) is 0 Å². The summed E-state index contributed by atoms with van der Waals surface area (Å²) in [6.07, 6.45) is 7.79. The quantitative estimate of drug-likeness (QED) is 0.369. The highest BCUT2D eigenvalue weighted by atomic mass is 19.5. The van der Waals surface area contributed by atoms with Crippen LogP contribution >= 0.6 is 0 Å². The number of hydrogen-bond acceptors (Lipinski definition) is 1. The summed E-state index contributed by atoms with van der Waals surface area (Å²) in [4.78, 5) is 2.60. The van der Waals surface area contributed by atoms with Gasteiger partial charge in [0.25, 0.3) is 0 Å². The molecule has 0 aromatic heterocycles. The monoisotopic (exact) mass is 390 g/mol. The number of allylic oxidation sites excluding steroid dienone is 1. The molecule has 2 aromatic carbocycles. The van der Waals surface area contributed by atoms with Gasteiger partial charge in [-0.2, -0.15) is 0 Å². The van der Waals surface area contributed by atoms with E-state index in [0.29, 0.717) is 0 Å². The molecule has 3 aliphatic rings. The van der Waals surface area contributed by atoms with Crippen LogP contribution in [0.1, 0.15) is 36.8 Å². The van der Waals surface area contributed by atoms with Crippen LogP contribution in [0.15, 0.2) is 42.5 Å². The van der Waals surface area contributed by atoms with E-state index in [1.54, 1.807) is 0 Å². The van der Waals surface area contributed by atoms with Gasteiger partial charge in [-0.15, -0.1) is 0 Å². The van der Waals surface area contributed by atoms with Crippen LogP contribution in [0, 0.1) is 0 Å². The second-order valence-electron chi connectivity index (χ2n) is 7.51. The number of likely N-dealkylation sites (tertiary alicyclic amines) is 1. The first-order valence-electron chi connectivity index (χ1n) is 9.90. The highest BCUT2D eigenvalue weighted by molar-refractivity contribution is 6.50. The maximum Gasteiger partial charge on any atom is 0.673 e. The van der Waals surface area contributed by atoms with Crippen LogP contribution in [0.5, 0.6) is 0 Å². The molecule has 2 aliphatic heterocycles. The van der Waals surface area contributed by atoms with E-state index < -0.39 is 7.25 Å². The van der Waals surface area contributed by atoms with E-state index in [1.807, 2.05) is 0 Å². The van der Waals surface area contributed by atoms with Gasteiger partial charge in [0.05, 0.1) is 11.3 Å². The average Bonchev–Trinajstić information content (AvgIpc) is 3.35. The van der Waals surface area contributed by atoms with Crippen molar-refractivity contribution in [3.8, 4) is 0 Å². The Balaban J connectivity index is 0.000000346. The van der Waals surface area contributed by atoms with Crippen molar-refractivity contribution in [3.63, 3.8) is 0 Å². The van der Waals surface area contributed by atoms with Crippen molar-refractivity contribution in [2.75, 3.05) is 26.2 Å². The van der Waals surface area contributed by atoms with Crippen molar-refractivity contribution in [2.45, 2.75) is 25.7 Å². The lowest BCUT2D eigenvalue weighted by molar-refractivity contribution is -0.504. The molecule has 0 radical (unpaired) electrons. The summed E-state index contributed by atoms with van der Waals surface area (Å²) in [6.45, 7) is 4.82. The Kier molecular flexibility index (Phi) is 5.17. The lowest BCUT2D eigenvalue weighted by atomic mass is 9.89. The van der Waals surface area contributed by atoms with Crippen molar-refractivity contribution >= 4 is 29.4 Å². The molecule has 2 aromatic rings. The Morgan fingerprint density at radius 1 is 0.786 bits per heavy atom. The summed E-state index contributed by atoms with van der Waals surface area (Å²) in [5, 5.41) is 2.84. The minimum Gasteiger partial charge on any atom is -0.418 e. The molecule has 2 fully saturated rings. The molecule has 1 aliphatic carbocycles. The van der Waals surface area contributed by atoms with Gasteiger partial charge in [0.2, 0.25) is 5.71 Å². The number of benzene rings is 2. The second kappa shape index (κ2) is 7.61. The first-order valence-corrected chi connectivity index (χ1v) is 9.90. The summed E-state index contributed by atoms with van der Waals surface area (Å²) < 4.78 is 41.6. The first-order chi connectivity index (χ1) is 13.4. The Bertz CT molecular complexity index is 924. The van der Waals surface area contributed by atoms with E-state index in [-0.39, 0.29) is 0 Å². The standard InChI is InChI=1S/C21H23N2.BF4/c1-2-12-22(11-1)19-15-20(23-13-3-4-14-23)18-10-6-8-16-7-5-9-17(19)21(16)18;2-1(3,4)5/h5-10,15H,1-4,11-14H2;/q+1;-1. The molecule has 5 rings (SSSR count). The molecule has 0 unspecified atom stereocenters. The zero-order chi connectivity index (χ0) is 19.7. The Labute approximate surface area is 162 Å². The van der Waals surface area contributed by atoms with Crippen LogP contribution in [0.25, 0.3) is 16.5 Å². The molecule has 0 bridgehead atoms. The molecule has 7 heteroatoms. The van der Waals surface area contributed by atoms with Crippen LogP contribution in [-0.2, 0) is 0 Å². The Morgan fingerprint density at radius 3 is 1.96 bits per heavy atom. The molecule has 148 valence electrons. The third kappa shape index (κ3) is 3.93. The summed E-state index contributed by atoms with van der Waals surface area (Å²) >= 11 is 0. The summed E-state index contributed by atoms with van der Waals surface area (Å²) in [5.41, 5.74) is 5.77. The molecule has 2 nitrogen and oxygen atoms in total. The van der Waals surface area contributed by atoms with Crippen LogP contribution in [0.4, 0.5) is 17.3 Å². The second-order valence-corrected chi connectivity index (χ2v) is 7.51. The van der Waals surface area contributed by atoms with Gasteiger partial charge in [-0.25, -0.2) is 4.58 Å². The van der Waals surface area contributed by atoms with Crippen molar-refractivity contribution < 1.29 is 21.8 Å². The van der Waals surface area contributed by atoms with E-state index in [9.17, 15) is 17.3 Å². The fourth-order valence-corrected chi connectivity index (χ4v) is 4.49. The molecular formula is C21H23BF4N2. The number of hydrogen-bond donors (Lipinski definition) is 0. The molecule has 0 N–H and O–H groups in total. The molecule has 0 saturated carbocycles. The number of nitrogens with zero attached hydrogens (tertiary/aromatic N) is 2. The Hall–Kier alpha value is -2.31. The predicted octanol–water partition coefficient (Wildman–Crippen LogP) is 5.19. The Morgan fingerprint density at radius 2 is 1.36 bits per heavy atom. The molecule has 2 saturated heterocycles. The zero-order valence-electron chi connectivity index (χ0n) is 15.7. The number of halogens is 4. The minimum absolute atomic E-state index is 1.21. The molecular weight excluding hydrogens is 367 g/mol. The third-order valence-corrected chi connectivity index (χ3v) is 5.62. The van der Waals surface area contributed by atoms with Crippen LogP contribution in [0.2, 0.25) is 0 Å². The topological polar surface area (TPSA) is 6.25 Å². The maximum atomic E-state index is 9.75. The van der Waals surface area contributed by atoms with Gasteiger partial charge < -0.3 is 22.2 Å². The van der Waals surface area contributed by atoms with Gasteiger partial charge in [-0.3, -0.25) is 0 Å². The van der Waals surface area contributed by atoms with E-state index in [1.165, 1.54) is 85.2 Å². The molecule has 0 spiro atoms. The highest BCUT2D eigenvalue weighted by Gasteiger charge is 2.29. The fourth-order valence-electron chi connectivity index (χ4n) is 4.49. The molecule has 28 heavy (non-hydrogen) atoms. The first kappa shape index (κ1) is 19.0. The van der Waals surface area contributed by atoms with Crippen molar-refractivity contribution in [3.05, 3.63) is 53.6 Å². The average molecular weight is 390 g/mol. The van der Waals surface area contributed by atoms with Crippen LogP contribution in [0.3, 0.4) is 0 Å². The normalized spacial score (nSPS) is 19.0. The van der Waals surface area contributed by atoms with E-state index in [2.05, 4.69) is 51.9 Å². The SMILES string of the molecule is C1=C(N2CCCC2)c2cccc3cccc(c23)C1=[N+]1CCCC1.F[B-](F)(F)F. The van der Waals surface area contributed by atoms with Crippen LogP contribution in [-0.4, -0.2) is 48.6 Å². The summed E-state index contributed by atoms with van der Waals surface area (Å²) in [6, 6.07) is 13.6. The fraction of sp³-hybridized carbons (Fsp3) is 0.381. The smallest absolute Gasteiger partial charge is 0.418 e. The molecule has 2 heterocycles. The largest absolute Gasteiger partial charge is 0.673 e. The molecule has 0 atom stereocenters. The van der Waals surface area contributed by atoms with Gasteiger partial charge >= 0.3 is 7.25 Å². The van der Waals surface area contributed by atoms with E-state index >= 15 is 0 Å². The highest BCUT2D eigenvalue weighted by Crippen LogP contribution is 2.36. The van der Waals surface area contributed by atoms with Crippen molar-refractivity contribution in [1.82, 2.24) is 4.90 Å². The van der Waals surface area contributed by atoms with Gasteiger partial charge in [-0.05, 0) is 24.3 Å². The number of rotatable bonds is 1. The van der Waals surface area contributed by atoms with Gasteiger partial charge in [0.1, 0.15) is 13.1 Å². The van der Waals surface area contributed by atoms with Crippen molar-refractivity contribution in [2.24, 2.45) is 0 Å². The predicted molar refractivity (Wildman–Crippen MR) is 106 cm³/mol. The minimum atomic E-state index is -6.00. The lowest BCUT2D eigenvalue weighted by Crippen LogP contribution is -2.25. The molecule has 0 amide bonds.